The lowest BCUT2D eigenvalue weighted by atomic mass is 10.0. The molecule has 1 unspecified atom stereocenters. The van der Waals surface area contributed by atoms with Crippen molar-refractivity contribution >= 4 is 11.6 Å². The van der Waals surface area contributed by atoms with Crippen molar-refractivity contribution < 1.29 is 8.91 Å². The summed E-state index contributed by atoms with van der Waals surface area (Å²) in [5.41, 5.74) is 0.742. The smallest absolute Gasteiger partial charge is 0.223 e. The van der Waals surface area contributed by atoms with Crippen molar-refractivity contribution in [2.24, 2.45) is 0 Å². The highest BCUT2D eigenvalue weighted by molar-refractivity contribution is 6.30. The summed E-state index contributed by atoms with van der Waals surface area (Å²) in [6, 6.07) is 4.80. The third-order valence-corrected chi connectivity index (χ3v) is 4.51. The first-order valence-electron chi connectivity index (χ1n) is 7.72. The Labute approximate surface area is 139 Å². The molecular weight excluding hydrogens is 319 g/mol. The fourth-order valence-corrected chi connectivity index (χ4v) is 2.97. The molecule has 5 nitrogen and oxygen atoms in total. The monoisotopic (exact) mass is 338 g/mol. The zero-order chi connectivity index (χ0) is 16.4. The van der Waals surface area contributed by atoms with E-state index in [-0.39, 0.29) is 11.1 Å². The molecule has 0 radical (unpaired) electrons. The summed E-state index contributed by atoms with van der Waals surface area (Å²) in [6.07, 6.45) is 2.06. The summed E-state index contributed by atoms with van der Waals surface area (Å²) in [5.74, 6) is 0.562. The Balaban J connectivity index is 1.86. The molecule has 1 atom stereocenters. The molecule has 0 amide bonds. The minimum absolute atomic E-state index is 0.107. The quantitative estimate of drug-likeness (QED) is 0.929. The number of hydrogen-bond acceptors (Lipinski definition) is 5. The van der Waals surface area contributed by atoms with Gasteiger partial charge in [-0.05, 0) is 50.7 Å². The zero-order valence-electron chi connectivity index (χ0n) is 13.2. The van der Waals surface area contributed by atoms with Gasteiger partial charge in [-0.15, -0.1) is 0 Å². The van der Waals surface area contributed by atoms with Crippen LogP contribution in [0.5, 0.6) is 0 Å². The molecule has 3 rings (SSSR count). The number of rotatable bonds is 4. The van der Waals surface area contributed by atoms with E-state index in [1.165, 1.54) is 6.07 Å². The fourth-order valence-electron chi connectivity index (χ4n) is 2.85. The van der Waals surface area contributed by atoms with Crippen molar-refractivity contribution in [2.45, 2.75) is 31.8 Å². The van der Waals surface area contributed by atoms with Crippen molar-refractivity contribution in [3.8, 4) is 0 Å². The van der Waals surface area contributed by atoms with Gasteiger partial charge < -0.3 is 14.7 Å². The van der Waals surface area contributed by atoms with Crippen LogP contribution in [-0.4, -0.2) is 41.2 Å². The van der Waals surface area contributed by atoms with E-state index < -0.39 is 5.82 Å². The van der Waals surface area contributed by atoms with Crippen LogP contribution in [0.1, 0.15) is 36.2 Å². The molecule has 0 bridgehead atoms. The summed E-state index contributed by atoms with van der Waals surface area (Å²) in [7, 11) is 2.12. The second kappa shape index (κ2) is 6.95. The predicted octanol–water partition coefficient (Wildman–Crippen LogP) is 2.94. The summed E-state index contributed by atoms with van der Waals surface area (Å²) < 4.78 is 19.0. The van der Waals surface area contributed by atoms with Gasteiger partial charge >= 0.3 is 0 Å². The molecule has 23 heavy (non-hydrogen) atoms. The minimum atomic E-state index is -0.445. The predicted molar refractivity (Wildman–Crippen MR) is 85.9 cm³/mol. The molecule has 2 aromatic rings. The molecule has 1 aromatic heterocycles. The van der Waals surface area contributed by atoms with E-state index in [0.29, 0.717) is 17.8 Å². The number of nitrogens with zero attached hydrogens (tertiary/aromatic N) is 3. The third kappa shape index (κ3) is 3.88. The lowest BCUT2D eigenvalue weighted by Crippen LogP contribution is -2.42. The molecule has 0 aliphatic carbocycles. The SMILES string of the molecule is Cc1nc(C(NC2CCN(C)CC2)c2ccc(Cl)c(F)c2)no1. The highest BCUT2D eigenvalue weighted by Gasteiger charge is 2.26. The molecular formula is C16H20ClFN4O. The minimum Gasteiger partial charge on any atom is -0.340 e. The highest BCUT2D eigenvalue weighted by atomic mass is 35.5. The molecule has 0 spiro atoms. The van der Waals surface area contributed by atoms with Crippen LogP contribution < -0.4 is 5.32 Å². The first-order valence-corrected chi connectivity index (χ1v) is 8.10. The number of hydrogen-bond donors (Lipinski definition) is 1. The van der Waals surface area contributed by atoms with E-state index in [4.69, 9.17) is 16.1 Å². The summed E-state index contributed by atoms with van der Waals surface area (Å²) in [6.45, 7) is 3.81. The number of likely N-dealkylation sites (tertiary alicyclic amines) is 1. The number of halogens is 2. The molecule has 1 fully saturated rings. The average molecular weight is 339 g/mol. The van der Waals surface area contributed by atoms with Crippen LogP contribution in [0.15, 0.2) is 22.7 Å². The molecule has 2 heterocycles. The van der Waals surface area contributed by atoms with Crippen molar-refractivity contribution in [1.82, 2.24) is 20.4 Å². The van der Waals surface area contributed by atoms with Crippen LogP contribution in [0.25, 0.3) is 0 Å². The summed E-state index contributed by atoms with van der Waals surface area (Å²) in [4.78, 5) is 6.61. The average Bonchev–Trinajstić information content (AvgIpc) is 2.96. The molecule has 1 saturated heterocycles. The van der Waals surface area contributed by atoms with E-state index in [0.717, 1.165) is 31.5 Å². The first-order chi connectivity index (χ1) is 11.0. The Morgan fingerprint density at radius 3 is 2.74 bits per heavy atom. The van der Waals surface area contributed by atoms with Crippen molar-refractivity contribution in [3.05, 3.63) is 46.3 Å². The van der Waals surface area contributed by atoms with Gasteiger partial charge in [0.2, 0.25) is 5.89 Å². The van der Waals surface area contributed by atoms with Crippen molar-refractivity contribution in [3.63, 3.8) is 0 Å². The van der Waals surface area contributed by atoms with Gasteiger partial charge in [0, 0.05) is 13.0 Å². The zero-order valence-corrected chi connectivity index (χ0v) is 14.0. The standard InChI is InChI=1S/C16H20ClFN4O/c1-10-19-16(21-23-10)15(11-3-4-13(17)14(18)9-11)20-12-5-7-22(2)8-6-12/h3-4,9,12,15,20H,5-8H2,1-2H3. The highest BCUT2D eigenvalue weighted by Crippen LogP contribution is 2.26. The maximum absolute atomic E-state index is 13.9. The number of nitrogens with one attached hydrogen (secondary N) is 1. The van der Waals surface area contributed by atoms with Crippen LogP contribution in [0.3, 0.4) is 0 Å². The Morgan fingerprint density at radius 1 is 1.39 bits per heavy atom. The number of aromatic nitrogens is 2. The lowest BCUT2D eigenvalue weighted by molar-refractivity contribution is 0.227. The number of aryl methyl sites for hydroxylation is 1. The maximum Gasteiger partial charge on any atom is 0.223 e. The van der Waals surface area contributed by atoms with Gasteiger partial charge in [0.25, 0.3) is 0 Å². The first kappa shape index (κ1) is 16.4. The summed E-state index contributed by atoms with van der Waals surface area (Å²) >= 11 is 5.79. The molecule has 1 aromatic carbocycles. The number of piperidine rings is 1. The third-order valence-electron chi connectivity index (χ3n) is 4.20. The summed E-state index contributed by atoms with van der Waals surface area (Å²) in [5, 5.41) is 7.67. The molecule has 7 heteroatoms. The van der Waals surface area contributed by atoms with E-state index in [2.05, 4.69) is 27.4 Å². The topological polar surface area (TPSA) is 54.2 Å². The van der Waals surface area contributed by atoms with E-state index in [1.807, 2.05) is 0 Å². The van der Waals surface area contributed by atoms with Crippen LogP contribution in [0.2, 0.25) is 5.02 Å². The lowest BCUT2D eigenvalue weighted by Gasteiger charge is -2.32. The molecule has 1 N–H and O–H groups in total. The Bertz CT molecular complexity index is 670. The van der Waals surface area contributed by atoms with Gasteiger partial charge in [-0.25, -0.2) is 4.39 Å². The van der Waals surface area contributed by atoms with Crippen LogP contribution in [0.4, 0.5) is 4.39 Å². The van der Waals surface area contributed by atoms with Gasteiger partial charge in [0.05, 0.1) is 11.1 Å². The van der Waals surface area contributed by atoms with E-state index in [1.54, 1.807) is 19.1 Å². The van der Waals surface area contributed by atoms with E-state index >= 15 is 0 Å². The van der Waals surface area contributed by atoms with Gasteiger partial charge in [-0.2, -0.15) is 4.98 Å². The molecule has 1 aliphatic rings. The van der Waals surface area contributed by atoms with Gasteiger partial charge in [-0.3, -0.25) is 0 Å². The van der Waals surface area contributed by atoms with E-state index in [9.17, 15) is 4.39 Å². The largest absolute Gasteiger partial charge is 0.340 e. The van der Waals surface area contributed by atoms with Crippen LogP contribution >= 0.6 is 11.6 Å². The Kier molecular flexibility index (Phi) is 4.94. The fraction of sp³-hybridized carbons (Fsp3) is 0.500. The van der Waals surface area contributed by atoms with Crippen molar-refractivity contribution in [2.75, 3.05) is 20.1 Å². The molecule has 1 aliphatic heterocycles. The molecule has 0 saturated carbocycles. The second-order valence-corrected chi connectivity index (χ2v) is 6.43. The van der Waals surface area contributed by atoms with Gasteiger partial charge in [0.1, 0.15) is 5.82 Å². The Hall–Kier alpha value is -1.50. The Morgan fingerprint density at radius 2 is 2.13 bits per heavy atom. The normalized spacial score (nSPS) is 18.3. The number of benzene rings is 1. The maximum atomic E-state index is 13.9. The molecule has 124 valence electrons. The van der Waals surface area contributed by atoms with Gasteiger partial charge in [0.15, 0.2) is 5.82 Å². The van der Waals surface area contributed by atoms with Crippen LogP contribution in [-0.2, 0) is 0 Å². The van der Waals surface area contributed by atoms with Crippen molar-refractivity contribution in [1.29, 1.82) is 0 Å². The van der Waals surface area contributed by atoms with Gasteiger partial charge in [-0.1, -0.05) is 22.8 Å². The van der Waals surface area contributed by atoms with Crippen LogP contribution in [0, 0.1) is 12.7 Å². The second-order valence-electron chi connectivity index (χ2n) is 6.02.